The molecule has 10 heteroatoms. The number of fused-ring (bicyclic) bond motifs is 2. The number of aromatic amines is 1. The van der Waals surface area contributed by atoms with Crippen LogP contribution in [0.1, 0.15) is 59.0 Å². The molecule has 0 amide bonds. The highest BCUT2D eigenvalue weighted by Crippen LogP contribution is 2.32. The molecule has 0 aliphatic rings. The summed E-state index contributed by atoms with van der Waals surface area (Å²) in [5.74, 6) is -2.06. The Labute approximate surface area is 181 Å². The monoisotopic (exact) mass is 439 g/mol. The quantitative estimate of drug-likeness (QED) is 0.371. The fraction of sp³-hybridized carbons (Fsp3) is 0.318. The minimum absolute atomic E-state index is 0.0166. The van der Waals surface area contributed by atoms with E-state index < -0.39 is 35.5 Å². The van der Waals surface area contributed by atoms with Crippen LogP contribution >= 0.6 is 0 Å². The van der Waals surface area contributed by atoms with Crippen molar-refractivity contribution < 1.29 is 28.6 Å². The topological polar surface area (TPSA) is 129 Å². The van der Waals surface area contributed by atoms with Crippen LogP contribution in [0.25, 0.3) is 27.3 Å². The van der Waals surface area contributed by atoms with Crippen LogP contribution in [-0.2, 0) is 14.2 Å². The van der Waals surface area contributed by atoms with Gasteiger partial charge in [-0.15, -0.1) is 0 Å². The molecule has 0 saturated heterocycles. The molecule has 10 nitrogen and oxygen atoms in total. The van der Waals surface area contributed by atoms with Crippen molar-refractivity contribution in [1.29, 1.82) is 0 Å². The van der Waals surface area contributed by atoms with Crippen molar-refractivity contribution in [3.63, 3.8) is 0 Å². The van der Waals surface area contributed by atoms with E-state index in [9.17, 15) is 19.2 Å². The molecule has 32 heavy (non-hydrogen) atoms. The van der Waals surface area contributed by atoms with E-state index in [2.05, 4.69) is 9.97 Å². The standard InChI is InChI=1S/C22H21N3O7/c1-9(2)31-20(27)11-7-14(22(29)32-10(3)4)25-8-23-17-18(25)15(11)16-12(19(17)26)6-13(24-16)21(28)30-5/h6-10,24H,1-5H3. The molecule has 4 rings (SSSR count). The lowest BCUT2D eigenvalue weighted by Gasteiger charge is -2.15. The number of H-pyrrole nitrogens is 1. The average molecular weight is 439 g/mol. The van der Waals surface area contributed by atoms with Gasteiger partial charge in [0.1, 0.15) is 23.2 Å². The van der Waals surface area contributed by atoms with Crippen LogP contribution in [0.15, 0.2) is 23.3 Å². The van der Waals surface area contributed by atoms with Gasteiger partial charge in [-0.25, -0.2) is 19.4 Å². The first-order valence-corrected chi connectivity index (χ1v) is 9.96. The number of benzene rings is 1. The van der Waals surface area contributed by atoms with Crippen molar-refractivity contribution in [2.75, 3.05) is 7.11 Å². The molecule has 0 bridgehead atoms. The van der Waals surface area contributed by atoms with Gasteiger partial charge >= 0.3 is 17.9 Å². The Morgan fingerprint density at radius 1 is 1.00 bits per heavy atom. The molecule has 0 fully saturated rings. The Hall–Kier alpha value is -3.95. The maximum atomic E-state index is 13.1. The van der Waals surface area contributed by atoms with Crippen molar-refractivity contribution >= 4 is 45.2 Å². The predicted octanol–water partition coefficient (Wildman–Crippen LogP) is 2.68. The summed E-state index contributed by atoms with van der Waals surface area (Å²) < 4.78 is 16.9. The van der Waals surface area contributed by atoms with Gasteiger partial charge in [0, 0.05) is 5.39 Å². The normalized spacial score (nSPS) is 11.7. The number of ether oxygens (including phenoxy) is 3. The number of aromatic nitrogens is 3. The fourth-order valence-electron chi connectivity index (χ4n) is 3.64. The van der Waals surface area contributed by atoms with Gasteiger partial charge in [-0.1, -0.05) is 0 Å². The average Bonchev–Trinajstić information content (AvgIpc) is 3.35. The Bertz CT molecular complexity index is 1450. The first-order chi connectivity index (χ1) is 15.1. The zero-order valence-corrected chi connectivity index (χ0v) is 18.1. The second kappa shape index (κ2) is 7.63. The fourth-order valence-corrected chi connectivity index (χ4v) is 3.64. The van der Waals surface area contributed by atoms with Gasteiger partial charge in [0.2, 0.25) is 5.43 Å². The van der Waals surface area contributed by atoms with Crippen LogP contribution in [0.3, 0.4) is 0 Å². The maximum Gasteiger partial charge on any atom is 0.355 e. The van der Waals surface area contributed by atoms with Gasteiger partial charge < -0.3 is 19.2 Å². The van der Waals surface area contributed by atoms with E-state index in [4.69, 9.17) is 14.2 Å². The van der Waals surface area contributed by atoms with Gasteiger partial charge in [-0.3, -0.25) is 9.20 Å². The van der Waals surface area contributed by atoms with Crippen LogP contribution in [0, 0.1) is 0 Å². The smallest absolute Gasteiger partial charge is 0.355 e. The zero-order chi connectivity index (χ0) is 23.3. The Kier molecular flexibility index (Phi) is 5.08. The molecule has 0 unspecified atom stereocenters. The number of pyridine rings is 1. The van der Waals surface area contributed by atoms with Crippen LogP contribution in [0.4, 0.5) is 0 Å². The van der Waals surface area contributed by atoms with E-state index in [0.717, 1.165) is 0 Å². The number of nitrogens with one attached hydrogen (secondary N) is 1. The van der Waals surface area contributed by atoms with Crippen molar-refractivity contribution in [1.82, 2.24) is 14.4 Å². The second-order valence-electron chi connectivity index (χ2n) is 7.83. The highest BCUT2D eigenvalue weighted by Gasteiger charge is 2.28. The number of rotatable bonds is 5. The third-order valence-corrected chi connectivity index (χ3v) is 4.86. The van der Waals surface area contributed by atoms with Crippen molar-refractivity contribution in [2.45, 2.75) is 39.9 Å². The minimum atomic E-state index is -0.697. The zero-order valence-electron chi connectivity index (χ0n) is 18.1. The molecule has 0 atom stereocenters. The van der Waals surface area contributed by atoms with Crippen LogP contribution in [0.5, 0.6) is 0 Å². The highest BCUT2D eigenvalue weighted by molar-refractivity contribution is 6.20. The van der Waals surface area contributed by atoms with E-state index in [0.29, 0.717) is 5.39 Å². The number of hydrogen-bond acceptors (Lipinski definition) is 8. The molecule has 0 aliphatic heterocycles. The lowest BCUT2D eigenvalue weighted by Crippen LogP contribution is -2.18. The Morgan fingerprint density at radius 2 is 1.66 bits per heavy atom. The van der Waals surface area contributed by atoms with Crippen LogP contribution in [0.2, 0.25) is 0 Å². The molecule has 0 spiro atoms. The largest absolute Gasteiger partial charge is 0.464 e. The number of carbonyl (C=O) groups is 3. The molecular weight excluding hydrogens is 418 g/mol. The van der Waals surface area contributed by atoms with Crippen LogP contribution in [-0.4, -0.2) is 51.6 Å². The summed E-state index contributed by atoms with van der Waals surface area (Å²) >= 11 is 0. The Morgan fingerprint density at radius 3 is 2.28 bits per heavy atom. The Balaban J connectivity index is 2.16. The molecule has 0 radical (unpaired) electrons. The van der Waals surface area contributed by atoms with E-state index in [1.807, 2.05) is 0 Å². The first-order valence-electron chi connectivity index (χ1n) is 9.96. The lowest BCUT2D eigenvalue weighted by atomic mass is 10.0. The summed E-state index contributed by atoms with van der Waals surface area (Å²) in [6.07, 6.45) is 0.493. The first kappa shape index (κ1) is 21.3. The summed E-state index contributed by atoms with van der Waals surface area (Å²) in [4.78, 5) is 58.0. The molecule has 166 valence electrons. The molecule has 3 heterocycles. The summed E-state index contributed by atoms with van der Waals surface area (Å²) in [5, 5.41) is 0.462. The maximum absolute atomic E-state index is 13.1. The molecule has 0 aliphatic carbocycles. The van der Waals surface area contributed by atoms with Gasteiger partial charge in [-0.05, 0) is 39.8 Å². The second-order valence-corrected chi connectivity index (χ2v) is 7.83. The molecule has 4 aromatic rings. The van der Waals surface area contributed by atoms with Gasteiger partial charge in [0.25, 0.3) is 0 Å². The summed E-state index contributed by atoms with van der Waals surface area (Å²) in [6.45, 7) is 6.78. The van der Waals surface area contributed by atoms with Gasteiger partial charge in [0.15, 0.2) is 0 Å². The number of nitrogens with zero attached hydrogens (tertiary/aromatic N) is 2. The number of hydrogen-bond donors (Lipinski definition) is 1. The summed E-state index contributed by atoms with van der Waals surface area (Å²) in [7, 11) is 1.22. The predicted molar refractivity (Wildman–Crippen MR) is 114 cm³/mol. The highest BCUT2D eigenvalue weighted by atomic mass is 16.5. The van der Waals surface area contributed by atoms with Gasteiger partial charge in [-0.2, -0.15) is 0 Å². The molecule has 1 N–H and O–H groups in total. The third kappa shape index (κ3) is 3.24. The lowest BCUT2D eigenvalue weighted by molar-refractivity contribution is 0.0368. The number of carbonyl (C=O) groups excluding carboxylic acids is 3. The summed E-state index contributed by atoms with van der Waals surface area (Å²) in [6, 6.07) is 2.71. The SMILES string of the molecule is COC(=O)c1cc2c(=O)c3ncn4c(C(=O)OC(C)C)cc(C(=O)OC(C)C)c(c2[nH]1)c34. The number of methoxy groups -OCH3 is 1. The van der Waals surface area contributed by atoms with Crippen molar-refractivity contribution in [3.05, 3.63) is 45.6 Å². The van der Waals surface area contributed by atoms with Gasteiger partial charge in [0.05, 0.1) is 41.3 Å². The van der Waals surface area contributed by atoms with E-state index in [1.165, 1.54) is 30.0 Å². The van der Waals surface area contributed by atoms with E-state index >= 15 is 0 Å². The molecular formula is C22H21N3O7. The molecule has 3 aromatic heterocycles. The molecule has 0 saturated carbocycles. The number of imidazole rings is 1. The van der Waals surface area contributed by atoms with E-state index in [1.54, 1.807) is 27.7 Å². The van der Waals surface area contributed by atoms with Crippen molar-refractivity contribution in [3.8, 4) is 0 Å². The van der Waals surface area contributed by atoms with E-state index in [-0.39, 0.29) is 38.9 Å². The minimum Gasteiger partial charge on any atom is -0.464 e. The van der Waals surface area contributed by atoms with Crippen molar-refractivity contribution in [2.24, 2.45) is 0 Å². The number of esters is 3. The molecule has 1 aromatic carbocycles. The third-order valence-electron chi connectivity index (χ3n) is 4.86. The summed E-state index contributed by atoms with van der Waals surface area (Å²) in [5.41, 5.74) is 0.168. The van der Waals surface area contributed by atoms with Crippen LogP contribution < -0.4 is 5.43 Å².